The predicted molar refractivity (Wildman–Crippen MR) is 105 cm³/mol. The molecule has 0 saturated carbocycles. The normalized spacial score (nSPS) is 17.7. The lowest BCUT2D eigenvalue weighted by atomic mass is 10.0. The quantitative estimate of drug-likeness (QED) is 0.869. The van der Waals surface area contributed by atoms with Gasteiger partial charge in [0.25, 0.3) is 11.8 Å². The number of nitrogens with one attached hydrogen (secondary N) is 1. The zero-order chi connectivity index (χ0) is 20.3. The van der Waals surface area contributed by atoms with Gasteiger partial charge in [0.15, 0.2) is 5.79 Å². The summed E-state index contributed by atoms with van der Waals surface area (Å²) in [5.74, 6) is -0.842. The summed E-state index contributed by atoms with van der Waals surface area (Å²) in [5.41, 5.74) is 2.13. The van der Waals surface area contributed by atoms with Crippen LogP contribution in [0.3, 0.4) is 0 Å². The van der Waals surface area contributed by atoms with Crippen molar-refractivity contribution in [1.29, 1.82) is 5.26 Å². The molecule has 2 aliphatic heterocycles. The molecule has 0 bridgehead atoms. The zero-order valence-electron chi connectivity index (χ0n) is 15.9. The fraction of sp³-hybridized carbons (Fsp3) is 0.318. The Bertz CT molecular complexity index is 932. The molecule has 0 aliphatic carbocycles. The molecule has 7 heteroatoms. The van der Waals surface area contributed by atoms with Crippen LogP contribution in [0.4, 0.5) is 5.69 Å². The maximum Gasteiger partial charge on any atom is 0.255 e. The molecule has 4 rings (SSSR count). The van der Waals surface area contributed by atoms with Gasteiger partial charge in [-0.3, -0.25) is 9.59 Å². The highest BCUT2D eigenvalue weighted by Crippen LogP contribution is 2.31. The number of nitriles is 1. The van der Waals surface area contributed by atoms with E-state index in [1.807, 2.05) is 6.07 Å². The van der Waals surface area contributed by atoms with E-state index in [2.05, 4.69) is 5.32 Å². The molecule has 0 atom stereocenters. The molecular weight excluding hydrogens is 370 g/mol. The van der Waals surface area contributed by atoms with E-state index in [1.54, 1.807) is 53.4 Å². The predicted octanol–water partition coefficient (Wildman–Crippen LogP) is 2.79. The Morgan fingerprint density at radius 2 is 1.52 bits per heavy atom. The van der Waals surface area contributed by atoms with Gasteiger partial charge in [-0.2, -0.15) is 5.26 Å². The van der Waals surface area contributed by atoms with Gasteiger partial charge in [-0.25, -0.2) is 0 Å². The summed E-state index contributed by atoms with van der Waals surface area (Å²) in [6, 6.07) is 15.3. The summed E-state index contributed by atoms with van der Waals surface area (Å²) in [6.07, 6.45) is 1.34. The summed E-state index contributed by atoms with van der Waals surface area (Å²) in [5, 5.41) is 11.6. The number of likely N-dealkylation sites (tertiary alicyclic amines) is 1. The number of ether oxygens (including phenoxy) is 2. The van der Waals surface area contributed by atoms with Gasteiger partial charge in [-0.05, 0) is 48.5 Å². The van der Waals surface area contributed by atoms with E-state index in [0.717, 1.165) is 0 Å². The molecule has 148 valence electrons. The molecule has 2 saturated heterocycles. The third-order valence-electron chi connectivity index (χ3n) is 5.29. The minimum atomic E-state index is -0.510. The molecule has 2 aromatic carbocycles. The number of piperidine rings is 1. The Labute approximate surface area is 168 Å². The third kappa shape index (κ3) is 4.14. The van der Waals surface area contributed by atoms with Crippen LogP contribution in [0, 0.1) is 11.3 Å². The molecule has 2 aliphatic rings. The van der Waals surface area contributed by atoms with Crippen molar-refractivity contribution in [2.24, 2.45) is 0 Å². The van der Waals surface area contributed by atoms with Crippen LogP contribution < -0.4 is 5.32 Å². The minimum Gasteiger partial charge on any atom is -0.347 e. The van der Waals surface area contributed by atoms with Crippen LogP contribution in [0.25, 0.3) is 0 Å². The highest BCUT2D eigenvalue weighted by molar-refractivity contribution is 6.05. The Hall–Kier alpha value is -3.21. The number of hydrogen-bond acceptors (Lipinski definition) is 5. The van der Waals surface area contributed by atoms with Crippen LogP contribution >= 0.6 is 0 Å². The Morgan fingerprint density at radius 3 is 2.10 bits per heavy atom. The maximum absolute atomic E-state index is 12.8. The number of hydrogen-bond donors (Lipinski definition) is 1. The minimum absolute atomic E-state index is 0.0584. The SMILES string of the molecule is N#Cc1ccc(NC(=O)c2ccc(C(=O)N3CCC4(CC3)OCCO4)cc2)cc1. The third-order valence-corrected chi connectivity index (χ3v) is 5.29. The number of carbonyl (C=O) groups excluding carboxylic acids is 2. The van der Waals surface area contributed by atoms with Gasteiger partial charge < -0.3 is 19.7 Å². The van der Waals surface area contributed by atoms with Gasteiger partial charge in [0, 0.05) is 42.7 Å². The second-order valence-electron chi connectivity index (χ2n) is 7.12. The summed E-state index contributed by atoms with van der Waals surface area (Å²) >= 11 is 0. The second-order valence-corrected chi connectivity index (χ2v) is 7.12. The van der Waals surface area contributed by atoms with Crippen molar-refractivity contribution < 1.29 is 19.1 Å². The highest BCUT2D eigenvalue weighted by Gasteiger charge is 2.40. The van der Waals surface area contributed by atoms with Crippen molar-refractivity contribution in [1.82, 2.24) is 4.90 Å². The van der Waals surface area contributed by atoms with Crippen LogP contribution in [-0.4, -0.2) is 48.8 Å². The first-order valence-electron chi connectivity index (χ1n) is 9.57. The molecule has 2 amide bonds. The molecule has 0 aromatic heterocycles. The monoisotopic (exact) mass is 391 g/mol. The van der Waals surface area contributed by atoms with E-state index in [4.69, 9.17) is 14.7 Å². The fourth-order valence-corrected chi connectivity index (χ4v) is 3.61. The first-order chi connectivity index (χ1) is 14.1. The lowest BCUT2D eigenvalue weighted by Crippen LogP contribution is -2.47. The number of benzene rings is 2. The smallest absolute Gasteiger partial charge is 0.255 e. The van der Waals surface area contributed by atoms with Gasteiger partial charge in [-0.1, -0.05) is 0 Å². The van der Waals surface area contributed by atoms with Crippen molar-refractivity contribution in [2.75, 3.05) is 31.6 Å². The first-order valence-corrected chi connectivity index (χ1v) is 9.57. The van der Waals surface area contributed by atoms with Gasteiger partial charge in [0.05, 0.1) is 24.8 Å². The average Bonchev–Trinajstić information content (AvgIpc) is 3.22. The lowest BCUT2D eigenvalue weighted by Gasteiger charge is -2.37. The van der Waals surface area contributed by atoms with Gasteiger partial charge in [0.1, 0.15) is 0 Å². The lowest BCUT2D eigenvalue weighted by molar-refractivity contribution is -0.181. The van der Waals surface area contributed by atoms with Gasteiger partial charge in [-0.15, -0.1) is 0 Å². The molecular formula is C22H21N3O4. The summed E-state index contributed by atoms with van der Waals surface area (Å²) in [4.78, 5) is 26.9. The van der Waals surface area contributed by atoms with E-state index in [-0.39, 0.29) is 11.8 Å². The topological polar surface area (TPSA) is 91.7 Å². The van der Waals surface area contributed by atoms with Crippen molar-refractivity contribution in [2.45, 2.75) is 18.6 Å². The number of nitrogens with zero attached hydrogens (tertiary/aromatic N) is 2. The zero-order valence-corrected chi connectivity index (χ0v) is 15.9. The molecule has 0 radical (unpaired) electrons. The molecule has 29 heavy (non-hydrogen) atoms. The van der Waals surface area contributed by atoms with Crippen LogP contribution in [0.2, 0.25) is 0 Å². The number of anilines is 1. The van der Waals surface area contributed by atoms with Crippen molar-refractivity contribution >= 4 is 17.5 Å². The molecule has 1 N–H and O–H groups in total. The maximum atomic E-state index is 12.8. The second kappa shape index (κ2) is 8.03. The average molecular weight is 391 g/mol. The van der Waals surface area contributed by atoms with Crippen molar-refractivity contribution in [3.05, 3.63) is 65.2 Å². The van der Waals surface area contributed by atoms with E-state index < -0.39 is 5.79 Å². The Kier molecular flexibility index (Phi) is 5.30. The Balaban J connectivity index is 1.36. The summed E-state index contributed by atoms with van der Waals surface area (Å²) in [6.45, 7) is 2.39. The highest BCUT2D eigenvalue weighted by atomic mass is 16.7. The summed E-state index contributed by atoms with van der Waals surface area (Å²) in [7, 11) is 0. The number of rotatable bonds is 3. The largest absolute Gasteiger partial charge is 0.347 e. The fourth-order valence-electron chi connectivity index (χ4n) is 3.61. The van der Waals surface area contributed by atoms with Crippen molar-refractivity contribution in [3.63, 3.8) is 0 Å². The van der Waals surface area contributed by atoms with Gasteiger partial charge in [0.2, 0.25) is 0 Å². The first kappa shape index (κ1) is 19.1. The van der Waals surface area contributed by atoms with Crippen molar-refractivity contribution in [3.8, 4) is 6.07 Å². The molecule has 2 heterocycles. The van der Waals surface area contributed by atoms with E-state index in [0.29, 0.717) is 61.5 Å². The number of amides is 2. The number of carbonyl (C=O) groups is 2. The van der Waals surface area contributed by atoms with E-state index in [9.17, 15) is 9.59 Å². The van der Waals surface area contributed by atoms with Crippen LogP contribution in [0.5, 0.6) is 0 Å². The van der Waals surface area contributed by atoms with E-state index >= 15 is 0 Å². The van der Waals surface area contributed by atoms with Gasteiger partial charge >= 0.3 is 0 Å². The molecule has 2 aromatic rings. The van der Waals surface area contributed by atoms with Crippen LogP contribution in [-0.2, 0) is 9.47 Å². The van der Waals surface area contributed by atoms with E-state index in [1.165, 1.54) is 0 Å². The summed E-state index contributed by atoms with van der Waals surface area (Å²) < 4.78 is 11.4. The Morgan fingerprint density at radius 1 is 0.931 bits per heavy atom. The molecule has 7 nitrogen and oxygen atoms in total. The van der Waals surface area contributed by atoms with Crippen LogP contribution in [0.1, 0.15) is 39.1 Å². The standard InChI is InChI=1S/C22H21N3O4/c23-15-16-1-7-19(8-2-16)24-20(26)17-3-5-18(6-4-17)21(27)25-11-9-22(10-12-25)28-13-14-29-22/h1-8H,9-14H2,(H,24,26). The molecule has 0 unspecified atom stereocenters. The molecule has 1 spiro atoms. The molecule has 2 fully saturated rings. The van der Waals surface area contributed by atoms with Crippen LogP contribution in [0.15, 0.2) is 48.5 Å².